The second-order valence-electron chi connectivity index (χ2n) is 9.13. The molecule has 4 aromatic rings. The van der Waals surface area contributed by atoms with Crippen molar-refractivity contribution >= 4 is 64.5 Å². The fourth-order valence-corrected chi connectivity index (χ4v) is 5.52. The maximum absolute atomic E-state index is 12.5. The molecule has 0 fully saturated rings. The van der Waals surface area contributed by atoms with Crippen molar-refractivity contribution in [2.45, 2.75) is 13.8 Å². The van der Waals surface area contributed by atoms with Crippen LogP contribution >= 0.6 is 0 Å². The predicted octanol–water partition coefficient (Wildman–Crippen LogP) is 4.04. The normalized spacial score (nSPS) is 11.4. The Morgan fingerprint density at radius 2 is 0.833 bits per heavy atom. The summed E-state index contributed by atoms with van der Waals surface area (Å²) in [6.07, 6.45) is 0. The first kappa shape index (κ1) is 29.9. The lowest BCUT2D eigenvalue weighted by atomic mass is 10.1. The van der Waals surface area contributed by atoms with Crippen molar-refractivity contribution in [3.63, 3.8) is 0 Å². The highest BCUT2D eigenvalue weighted by atomic mass is 32.2. The number of amides is 4. The van der Waals surface area contributed by atoms with Crippen molar-refractivity contribution in [3.05, 3.63) is 107 Å². The van der Waals surface area contributed by atoms with E-state index in [1.807, 2.05) is 0 Å². The Balaban J connectivity index is 1.49. The number of carbonyl (C=O) groups is 4. The monoisotopic (exact) mass is 608 g/mol. The zero-order chi connectivity index (χ0) is 30.7. The van der Waals surface area contributed by atoms with E-state index in [1.54, 1.807) is 59.7 Å². The van der Waals surface area contributed by atoms with Crippen LogP contribution in [0.4, 0.5) is 21.0 Å². The number of carbonyl (C=O) groups excluding carboxylic acids is 4. The largest absolute Gasteiger partial charge is 0.333 e. The SMILES string of the molecule is Cc1ccc(C(=O)S(=O)(=O)NC(=O)Nc2cccc3c(NC(=O)NS(=O)(=O)C(=O)c4ccc(C)cc4)cccc23)cc1. The molecule has 4 amide bonds. The number of nitrogens with one attached hydrogen (secondary N) is 4. The Labute approximate surface area is 241 Å². The van der Waals surface area contributed by atoms with E-state index in [4.69, 9.17) is 0 Å². The van der Waals surface area contributed by atoms with Gasteiger partial charge in [-0.3, -0.25) is 9.59 Å². The van der Waals surface area contributed by atoms with Gasteiger partial charge in [-0.2, -0.15) is 16.8 Å². The molecular formula is C28H24N4O8S2. The van der Waals surface area contributed by atoms with E-state index in [9.17, 15) is 36.0 Å². The van der Waals surface area contributed by atoms with Gasteiger partial charge in [0.1, 0.15) is 0 Å². The fraction of sp³-hybridized carbons (Fsp3) is 0.0714. The van der Waals surface area contributed by atoms with Crippen LogP contribution in [0.2, 0.25) is 0 Å². The van der Waals surface area contributed by atoms with Crippen LogP contribution in [-0.2, 0) is 20.0 Å². The van der Waals surface area contributed by atoms with Crippen LogP contribution in [-0.4, -0.2) is 39.1 Å². The Bertz CT molecular complexity index is 1800. The van der Waals surface area contributed by atoms with Gasteiger partial charge in [-0.25, -0.2) is 19.0 Å². The summed E-state index contributed by atoms with van der Waals surface area (Å²) in [6, 6.07) is 18.1. The zero-order valence-corrected chi connectivity index (χ0v) is 23.8. The number of anilines is 2. The van der Waals surface area contributed by atoms with E-state index in [0.717, 1.165) is 11.1 Å². The highest BCUT2D eigenvalue weighted by Gasteiger charge is 2.27. The topological polar surface area (TPSA) is 185 Å². The third-order valence-corrected chi connectivity index (χ3v) is 8.29. The van der Waals surface area contributed by atoms with Gasteiger partial charge < -0.3 is 10.6 Å². The van der Waals surface area contributed by atoms with Crippen molar-refractivity contribution in [2.24, 2.45) is 0 Å². The summed E-state index contributed by atoms with van der Waals surface area (Å²) in [6.45, 7) is 3.53. The molecule has 42 heavy (non-hydrogen) atoms. The maximum atomic E-state index is 12.5. The van der Waals surface area contributed by atoms with Gasteiger partial charge in [0.25, 0.3) is 10.2 Å². The lowest BCUT2D eigenvalue weighted by Crippen LogP contribution is -2.38. The molecule has 4 rings (SSSR count). The van der Waals surface area contributed by atoms with Gasteiger partial charge in [0.2, 0.25) is 0 Å². The lowest BCUT2D eigenvalue weighted by molar-refractivity contribution is 0.106. The molecule has 0 radical (unpaired) electrons. The average Bonchev–Trinajstić information content (AvgIpc) is 2.93. The van der Waals surface area contributed by atoms with Gasteiger partial charge in [-0.15, -0.1) is 0 Å². The number of urea groups is 2. The molecule has 0 atom stereocenters. The molecule has 0 aliphatic carbocycles. The van der Waals surface area contributed by atoms with Crippen molar-refractivity contribution < 1.29 is 36.0 Å². The standard InChI is InChI=1S/C28H24N4O8S2/c1-17-9-13-19(14-10-17)25(33)41(37,38)31-27(35)29-23-7-3-6-22-21(23)5-4-8-24(22)30-28(36)32-42(39,40)26(34)20-15-11-18(2)12-16-20/h3-16H,1-2H3,(H2,29,31,35)(H2,30,32,36). The highest BCUT2D eigenvalue weighted by Crippen LogP contribution is 2.29. The van der Waals surface area contributed by atoms with Crippen LogP contribution in [0.25, 0.3) is 10.8 Å². The Morgan fingerprint density at radius 3 is 1.17 bits per heavy atom. The van der Waals surface area contributed by atoms with Crippen molar-refractivity contribution in [1.82, 2.24) is 9.44 Å². The van der Waals surface area contributed by atoms with E-state index in [1.165, 1.54) is 48.5 Å². The van der Waals surface area contributed by atoms with Crippen LogP contribution in [0.15, 0.2) is 84.9 Å². The first-order valence-electron chi connectivity index (χ1n) is 12.2. The maximum Gasteiger partial charge on any atom is 0.333 e. The summed E-state index contributed by atoms with van der Waals surface area (Å²) < 4.78 is 53.2. The fourth-order valence-electron chi connectivity index (χ4n) is 3.85. The summed E-state index contributed by atoms with van der Waals surface area (Å²) >= 11 is 0. The van der Waals surface area contributed by atoms with Crippen molar-refractivity contribution in [1.29, 1.82) is 0 Å². The molecular weight excluding hydrogens is 584 g/mol. The van der Waals surface area contributed by atoms with E-state index >= 15 is 0 Å². The molecule has 4 aromatic carbocycles. The van der Waals surface area contributed by atoms with Crippen LogP contribution in [0.1, 0.15) is 31.8 Å². The Kier molecular flexibility index (Phi) is 8.40. The molecule has 0 spiro atoms. The molecule has 0 aliphatic heterocycles. The molecule has 0 heterocycles. The quantitative estimate of drug-likeness (QED) is 0.267. The molecule has 0 saturated heterocycles. The summed E-state index contributed by atoms with van der Waals surface area (Å²) in [5.74, 6) is 0. The minimum Gasteiger partial charge on any atom is -0.307 e. The molecule has 12 nitrogen and oxygen atoms in total. The minimum absolute atomic E-state index is 0.120. The van der Waals surface area contributed by atoms with Crippen molar-refractivity contribution in [3.8, 4) is 0 Å². The second kappa shape index (κ2) is 11.8. The minimum atomic E-state index is -4.72. The van der Waals surface area contributed by atoms with Gasteiger partial charge in [0.05, 0.1) is 11.4 Å². The van der Waals surface area contributed by atoms with Gasteiger partial charge in [0, 0.05) is 21.9 Å². The van der Waals surface area contributed by atoms with Gasteiger partial charge >= 0.3 is 32.1 Å². The number of hydrogen-bond donors (Lipinski definition) is 4. The van der Waals surface area contributed by atoms with E-state index in [0.29, 0.717) is 10.8 Å². The molecule has 0 bridgehead atoms. The molecule has 0 saturated carbocycles. The summed E-state index contributed by atoms with van der Waals surface area (Å²) in [5, 5.41) is 2.83. The number of rotatable bonds is 4. The van der Waals surface area contributed by atoms with E-state index in [2.05, 4.69) is 10.6 Å². The third kappa shape index (κ3) is 6.79. The highest BCUT2D eigenvalue weighted by molar-refractivity contribution is 8.05. The van der Waals surface area contributed by atoms with Crippen LogP contribution in [0.5, 0.6) is 0 Å². The number of benzene rings is 4. The van der Waals surface area contributed by atoms with Gasteiger partial charge in [0.15, 0.2) is 0 Å². The smallest absolute Gasteiger partial charge is 0.307 e. The number of fused-ring (bicyclic) bond motifs is 1. The second-order valence-corrected chi connectivity index (χ2v) is 12.3. The van der Waals surface area contributed by atoms with Crippen molar-refractivity contribution in [2.75, 3.05) is 10.6 Å². The molecule has 0 unspecified atom stereocenters. The number of sulfonamides is 2. The van der Waals surface area contributed by atoms with Crippen LogP contribution < -0.4 is 20.1 Å². The average molecular weight is 609 g/mol. The predicted molar refractivity (Wildman–Crippen MR) is 157 cm³/mol. The molecule has 216 valence electrons. The molecule has 0 aromatic heterocycles. The molecule has 0 aliphatic rings. The molecule has 14 heteroatoms. The van der Waals surface area contributed by atoms with E-state index < -0.39 is 42.3 Å². The number of aryl methyl sites for hydroxylation is 2. The zero-order valence-electron chi connectivity index (χ0n) is 22.2. The molecule has 4 N–H and O–H groups in total. The summed E-state index contributed by atoms with van der Waals surface area (Å²) in [5.41, 5.74) is 1.62. The third-order valence-electron chi connectivity index (χ3n) is 5.94. The Hall–Kier alpha value is -5.08. The van der Waals surface area contributed by atoms with E-state index in [-0.39, 0.29) is 22.5 Å². The van der Waals surface area contributed by atoms with Gasteiger partial charge in [-0.1, -0.05) is 59.7 Å². The van der Waals surface area contributed by atoms with Crippen LogP contribution in [0.3, 0.4) is 0 Å². The first-order chi connectivity index (χ1) is 19.8. The van der Waals surface area contributed by atoms with Gasteiger partial charge in [-0.05, 0) is 50.2 Å². The van der Waals surface area contributed by atoms with Crippen LogP contribution in [0, 0.1) is 13.8 Å². The Morgan fingerprint density at radius 1 is 0.500 bits per heavy atom. The lowest BCUT2D eigenvalue weighted by Gasteiger charge is -2.13. The summed E-state index contributed by atoms with van der Waals surface area (Å²) in [7, 11) is -9.44. The number of hydrogen-bond acceptors (Lipinski definition) is 8. The summed E-state index contributed by atoms with van der Waals surface area (Å²) in [4.78, 5) is 49.9. The first-order valence-corrected chi connectivity index (χ1v) is 15.1.